The lowest BCUT2D eigenvalue weighted by molar-refractivity contribution is -0.139. The number of sulfonamides is 1. The van der Waals surface area contributed by atoms with Crippen LogP contribution in [0.2, 0.25) is 20.1 Å². The van der Waals surface area contributed by atoms with E-state index in [4.69, 9.17) is 46.4 Å². The van der Waals surface area contributed by atoms with Crippen molar-refractivity contribution in [3.05, 3.63) is 62.1 Å². The molecule has 0 aliphatic heterocycles. The lowest BCUT2D eigenvalue weighted by atomic mass is 10.1. The van der Waals surface area contributed by atoms with Gasteiger partial charge in [0.25, 0.3) is 0 Å². The molecule has 2 aromatic carbocycles. The number of benzene rings is 2. The molecule has 0 heterocycles. The third-order valence-corrected chi connectivity index (χ3v) is 7.31. The fourth-order valence-electron chi connectivity index (χ4n) is 3.09. The Hall–Kier alpha value is -1.71. The average Bonchev–Trinajstić information content (AvgIpc) is 2.75. The van der Waals surface area contributed by atoms with Crippen molar-refractivity contribution in [1.82, 2.24) is 10.2 Å². The minimum Gasteiger partial charge on any atom is -0.354 e. The maximum absolute atomic E-state index is 13.4. The van der Waals surface area contributed by atoms with Crippen LogP contribution in [0.5, 0.6) is 0 Å². The summed E-state index contributed by atoms with van der Waals surface area (Å²) in [7, 11) is -3.91. The standard InChI is InChI=1S/C22H25Cl4N3O4S/c1-4-9-27-22(31)14(2)28(12-15-5-7-17(24)18(25)10-15)21(30)13-29(34(3,32)33)20-8-6-16(23)11-19(20)26/h5-8,10-11,14H,4,9,12-13H2,1-3H3,(H,27,31)/t14-/m0/s1. The molecule has 0 fully saturated rings. The summed E-state index contributed by atoms with van der Waals surface area (Å²) in [5.41, 5.74) is 0.716. The number of carbonyl (C=O) groups excluding carboxylic acids is 2. The minimum absolute atomic E-state index is 0.00237. The number of amides is 2. The van der Waals surface area contributed by atoms with Crippen molar-refractivity contribution in [2.45, 2.75) is 32.9 Å². The summed E-state index contributed by atoms with van der Waals surface area (Å²) in [5.74, 6) is -0.979. The third kappa shape index (κ3) is 7.65. The number of halogens is 4. The zero-order chi connectivity index (χ0) is 25.6. The smallest absolute Gasteiger partial charge is 0.244 e. The zero-order valence-electron chi connectivity index (χ0n) is 18.8. The van der Waals surface area contributed by atoms with Gasteiger partial charge in [0.2, 0.25) is 21.8 Å². The van der Waals surface area contributed by atoms with E-state index in [2.05, 4.69) is 5.32 Å². The van der Waals surface area contributed by atoms with Crippen LogP contribution in [0.25, 0.3) is 0 Å². The Morgan fingerprint density at radius 3 is 2.24 bits per heavy atom. The second-order valence-corrected chi connectivity index (χ2v) is 11.2. The van der Waals surface area contributed by atoms with Gasteiger partial charge in [-0.1, -0.05) is 59.4 Å². The highest BCUT2D eigenvalue weighted by Crippen LogP contribution is 2.31. The summed E-state index contributed by atoms with van der Waals surface area (Å²) in [4.78, 5) is 27.4. The van der Waals surface area contributed by atoms with Crippen LogP contribution in [-0.2, 0) is 26.2 Å². The molecule has 2 rings (SSSR count). The average molecular weight is 569 g/mol. The number of hydrogen-bond acceptors (Lipinski definition) is 4. The van der Waals surface area contributed by atoms with Crippen LogP contribution in [0.1, 0.15) is 25.8 Å². The van der Waals surface area contributed by atoms with Crippen molar-refractivity contribution >= 4 is 73.9 Å². The molecule has 0 aliphatic rings. The van der Waals surface area contributed by atoms with Crippen LogP contribution < -0.4 is 9.62 Å². The Balaban J connectivity index is 2.42. The first-order valence-electron chi connectivity index (χ1n) is 10.3. The van der Waals surface area contributed by atoms with Crippen LogP contribution in [0.3, 0.4) is 0 Å². The minimum atomic E-state index is -3.91. The van der Waals surface area contributed by atoms with E-state index < -0.39 is 28.5 Å². The monoisotopic (exact) mass is 567 g/mol. The molecular formula is C22H25Cl4N3O4S. The van der Waals surface area contributed by atoms with Crippen molar-refractivity contribution in [3.8, 4) is 0 Å². The number of carbonyl (C=O) groups is 2. The molecule has 0 saturated carbocycles. The first-order chi connectivity index (χ1) is 15.8. The number of nitrogens with zero attached hydrogens (tertiary/aromatic N) is 2. The fraction of sp³-hybridized carbons (Fsp3) is 0.364. The van der Waals surface area contributed by atoms with Gasteiger partial charge < -0.3 is 10.2 Å². The highest BCUT2D eigenvalue weighted by atomic mass is 35.5. The SMILES string of the molecule is CCCNC(=O)[C@H](C)N(Cc1ccc(Cl)c(Cl)c1)C(=O)CN(c1ccc(Cl)cc1Cl)S(C)(=O)=O. The Labute approximate surface area is 220 Å². The predicted molar refractivity (Wildman–Crippen MR) is 138 cm³/mol. The lowest BCUT2D eigenvalue weighted by Crippen LogP contribution is -2.51. The van der Waals surface area contributed by atoms with Crippen molar-refractivity contribution in [2.75, 3.05) is 23.7 Å². The van der Waals surface area contributed by atoms with Crippen LogP contribution in [0.15, 0.2) is 36.4 Å². The Morgan fingerprint density at radius 1 is 1.00 bits per heavy atom. The molecule has 7 nitrogen and oxygen atoms in total. The molecule has 1 N–H and O–H groups in total. The quantitative estimate of drug-likeness (QED) is 0.436. The molecule has 0 spiro atoms. The van der Waals surface area contributed by atoms with E-state index in [1.165, 1.54) is 23.1 Å². The van der Waals surface area contributed by atoms with E-state index >= 15 is 0 Å². The second-order valence-electron chi connectivity index (χ2n) is 7.60. The summed E-state index contributed by atoms with van der Waals surface area (Å²) in [5, 5.41) is 3.77. The van der Waals surface area contributed by atoms with Gasteiger partial charge in [-0.05, 0) is 49.2 Å². The van der Waals surface area contributed by atoms with E-state index in [1.54, 1.807) is 25.1 Å². The predicted octanol–water partition coefficient (Wildman–Crippen LogP) is 5.01. The highest BCUT2D eigenvalue weighted by Gasteiger charge is 2.30. The van der Waals surface area contributed by atoms with Crippen LogP contribution >= 0.6 is 46.4 Å². The molecule has 0 unspecified atom stereocenters. The Morgan fingerprint density at radius 2 is 1.68 bits per heavy atom. The van der Waals surface area contributed by atoms with Gasteiger partial charge in [0.15, 0.2) is 0 Å². The maximum Gasteiger partial charge on any atom is 0.244 e. The summed E-state index contributed by atoms with van der Waals surface area (Å²) < 4.78 is 26.0. The van der Waals surface area contributed by atoms with Crippen LogP contribution in [0.4, 0.5) is 5.69 Å². The van der Waals surface area contributed by atoms with Crippen molar-refractivity contribution in [2.24, 2.45) is 0 Å². The first-order valence-corrected chi connectivity index (χ1v) is 13.6. The number of nitrogens with one attached hydrogen (secondary N) is 1. The Kier molecular flexibility index (Phi) is 10.3. The number of anilines is 1. The maximum atomic E-state index is 13.4. The van der Waals surface area contributed by atoms with Crippen molar-refractivity contribution in [1.29, 1.82) is 0 Å². The van der Waals surface area contributed by atoms with E-state index in [9.17, 15) is 18.0 Å². The lowest BCUT2D eigenvalue weighted by Gasteiger charge is -2.31. The summed E-state index contributed by atoms with van der Waals surface area (Å²) in [6.45, 7) is 3.34. The molecule has 0 aromatic heterocycles. The van der Waals surface area contributed by atoms with E-state index in [1.807, 2.05) is 6.92 Å². The Bertz CT molecular complexity index is 1160. The largest absolute Gasteiger partial charge is 0.354 e. The van der Waals surface area contributed by atoms with Gasteiger partial charge in [-0.25, -0.2) is 8.42 Å². The molecule has 186 valence electrons. The molecular weight excluding hydrogens is 544 g/mol. The van der Waals surface area contributed by atoms with E-state index in [0.29, 0.717) is 27.2 Å². The molecule has 0 saturated heterocycles. The molecule has 12 heteroatoms. The first kappa shape index (κ1) is 28.5. The van der Waals surface area contributed by atoms with E-state index in [-0.39, 0.29) is 23.2 Å². The van der Waals surface area contributed by atoms with Gasteiger partial charge in [-0.2, -0.15) is 0 Å². The van der Waals surface area contributed by atoms with Gasteiger partial charge in [0, 0.05) is 18.1 Å². The van der Waals surface area contributed by atoms with Gasteiger partial charge in [-0.3, -0.25) is 13.9 Å². The highest BCUT2D eigenvalue weighted by molar-refractivity contribution is 7.92. The van der Waals surface area contributed by atoms with Gasteiger partial charge >= 0.3 is 0 Å². The molecule has 2 aromatic rings. The normalized spacial score (nSPS) is 12.2. The second kappa shape index (κ2) is 12.3. The van der Waals surface area contributed by atoms with Crippen molar-refractivity contribution in [3.63, 3.8) is 0 Å². The van der Waals surface area contributed by atoms with Crippen LogP contribution in [-0.4, -0.2) is 50.5 Å². The zero-order valence-corrected chi connectivity index (χ0v) is 22.7. The fourth-order valence-corrected chi connectivity index (χ4v) is 4.83. The number of hydrogen-bond donors (Lipinski definition) is 1. The van der Waals surface area contributed by atoms with Crippen LogP contribution in [0, 0.1) is 0 Å². The van der Waals surface area contributed by atoms with Gasteiger partial charge in [-0.15, -0.1) is 0 Å². The van der Waals surface area contributed by atoms with Gasteiger partial charge in [0.05, 0.1) is 27.0 Å². The molecule has 1 atom stereocenters. The van der Waals surface area contributed by atoms with E-state index in [0.717, 1.165) is 17.0 Å². The molecule has 0 radical (unpaired) electrons. The summed E-state index contributed by atoms with van der Waals surface area (Å²) in [6, 6.07) is 8.23. The summed E-state index contributed by atoms with van der Waals surface area (Å²) >= 11 is 24.3. The topological polar surface area (TPSA) is 86.8 Å². The molecule has 2 amide bonds. The molecule has 34 heavy (non-hydrogen) atoms. The molecule has 0 bridgehead atoms. The summed E-state index contributed by atoms with van der Waals surface area (Å²) in [6.07, 6.45) is 1.68. The third-order valence-electron chi connectivity index (χ3n) is 4.91. The van der Waals surface area contributed by atoms with Crippen molar-refractivity contribution < 1.29 is 18.0 Å². The van der Waals surface area contributed by atoms with Gasteiger partial charge in [0.1, 0.15) is 12.6 Å². The molecule has 0 aliphatic carbocycles. The number of rotatable bonds is 10.